The lowest BCUT2D eigenvalue weighted by atomic mass is 9.84. The first-order chi connectivity index (χ1) is 8.07. The summed E-state index contributed by atoms with van der Waals surface area (Å²) in [5.41, 5.74) is 11.5. The Balaban J connectivity index is 2.72. The highest BCUT2D eigenvalue weighted by Gasteiger charge is 2.24. The minimum absolute atomic E-state index is 0.00785. The van der Waals surface area contributed by atoms with Crippen LogP contribution >= 0.6 is 15.9 Å². The molecule has 1 aromatic carbocycles. The smallest absolute Gasteiger partial charge is 0.138 e. The van der Waals surface area contributed by atoms with Crippen molar-refractivity contribution in [2.45, 2.75) is 45.6 Å². The summed E-state index contributed by atoms with van der Waals surface area (Å²) in [6.07, 6.45) is 4.87. The predicted molar refractivity (Wildman–Crippen MR) is 74.7 cm³/mol. The van der Waals surface area contributed by atoms with Crippen molar-refractivity contribution in [1.29, 1.82) is 0 Å². The number of fused-ring (bicyclic) bond motifs is 1. The van der Waals surface area contributed by atoms with Crippen molar-refractivity contribution in [2.75, 3.05) is 7.11 Å². The van der Waals surface area contributed by atoms with Gasteiger partial charge in [-0.25, -0.2) is 0 Å². The highest BCUT2D eigenvalue weighted by Crippen LogP contribution is 2.42. The summed E-state index contributed by atoms with van der Waals surface area (Å²) >= 11 is 3.70. The Kier molecular flexibility index (Phi) is 3.79. The van der Waals surface area contributed by atoms with Crippen LogP contribution in [0.3, 0.4) is 0 Å². The summed E-state index contributed by atoms with van der Waals surface area (Å²) in [7, 11) is 1.72. The molecule has 0 spiro atoms. The highest BCUT2D eigenvalue weighted by atomic mass is 79.9. The first kappa shape index (κ1) is 12.9. The lowest BCUT2D eigenvalue weighted by molar-refractivity contribution is 0.402. The van der Waals surface area contributed by atoms with Gasteiger partial charge in [0.05, 0.1) is 11.6 Å². The van der Waals surface area contributed by atoms with E-state index >= 15 is 0 Å². The molecule has 1 aromatic rings. The molecule has 1 unspecified atom stereocenters. The molecule has 1 aliphatic rings. The van der Waals surface area contributed by atoms with E-state index in [2.05, 4.69) is 22.9 Å². The molecule has 0 fully saturated rings. The molecule has 3 heteroatoms. The monoisotopic (exact) mass is 297 g/mol. The molecule has 2 nitrogen and oxygen atoms in total. The second-order valence-electron chi connectivity index (χ2n) is 4.84. The molecule has 0 saturated carbocycles. The van der Waals surface area contributed by atoms with E-state index < -0.39 is 0 Å². The maximum absolute atomic E-state index is 6.09. The molecule has 2 rings (SSSR count). The number of methoxy groups -OCH3 is 1. The fourth-order valence-corrected chi connectivity index (χ4v) is 3.71. The normalized spacial score (nSPS) is 16.5. The lowest BCUT2D eigenvalue weighted by Crippen LogP contribution is -2.15. The Hall–Kier alpha value is -0.540. The lowest BCUT2D eigenvalue weighted by Gasteiger charge is -2.26. The Morgan fingerprint density at radius 2 is 1.82 bits per heavy atom. The molecular formula is C14H20BrNO. The molecule has 0 aromatic heterocycles. The summed E-state index contributed by atoms with van der Waals surface area (Å²) < 4.78 is 6.68. The first-order valence-corrected chi connectivity index (χ1v) is 7.00. The summed E-state index contributed by atoms with van der Waals surface area (Å²) in [6, 6.07) is 0.00785. The van der Waals surface area contributed by atoms with E-state index in [0.29, 0.717) is 0 Å². The van der Waals surface area contributed by atoms with Crippen LogP contribution in [-0.4, -0.2) is 7.11 Å². The third-order valence-corrected chi connectivity index (χ3v) is 4.53. The largest absolute Gasteiger partial charge is 0.495 e. The van der Waals surface area contributed by atoms with Crippen LogP contribution in [0.5, 0.6) is 5.75 Å². The Labute approximate surface area is 112 Å². The van der Waals surface area contributed by atoms with Crippen molar-refractivity contribution in [2.24, 2.45) is 5.73 Å². The minimum Gasteiger partial charge on any atom is -0.495 e. The quantitative estimate of drug-likeness (QED) is 0.904. The fraction of sp³-hybridized carbons (Fsp3) is 0.571. The molecule has 94 valence electrons. The van der Waals surface area contributed by atoms with Gasteiger partial charge in [0.2, 0.25) is 0 Å². The fourth-order valence-electron chi connectivity index (χ4n) is 2.90. The van der Waals surface area contributed by atoms with E-state index in [0.717, 1.165) is 22.2 Å². The third kappa shape index (κ3) is 2.11. The van der Waals surface area contributed by atoms with Gasteiger partial charge in [0.25, 0.3) is 0 Å². The second-order valence-corrected chi connectivity index (χ2v) is 5.63. The van der Waals surface area contributed by atoms with Crippen molar-refractivity contribution in [3.05, 3.63) is 26.7 Å². The topological polar surface area (TPSA) is 35.2 Å². The van der Waals surface area contributed by atoms with Crippen molar-refractivity contribution >= 4 is 15.9 Å². The van der Waals surface area contributed by atoms with Crippen LogP contribution in [0, 0.1) is 6.92 Å². The summed E-state index contributed by atoms with van der Waals surface area (Å²) in [5, 5.41) is 0. The van der Waals surface area contributed by atoms with Gasteiger partial charge < -0.3 is 10.5 Å². The molecule has 0 radical (unpaired) electrons. The zero-order valence-corrected chi connectivity index (χ0v) is 12.4. The zero-order chi connectivity index (χ0) is 12.6. The van der Waals surface area contributed by atoms with Crippen LogP contribution < -0.4 is 10.5 Å². The second kappa shape index (κ2) is 4.99. The van der Waals surface area contributed by atoms with E-state index in [-0.39, 0.29) is 6.04 Å². The van der Waals surface area contributed by atoms with Gasteiger partial charge in [-0.15, -0.1) is 0 Å². The summed E-state index contributed by atoms with van der Waals surface area (Å²) in [6.45, 7) is 4.20. The van der Waals surface area contributed by atoms with Crippen LogP contribution in [0.2, 0.25) is 0 Å². The first-order valence-electron chi connectivity index (χ1n) is 6.21. The van der Waals surface area contributed by atoms with E-state index in [9.17, 15) is 0 Å². The molecule has 2 N–H and O–H groups in total. The molecule has 1 atom stereocenters. The highest BCUT2D eigenvalue weighted by molar-refractivity contribution is 9.10. The summed E-state index contributed by atoms with van der Waals surface area (Å²) in [4.78, 5) is 0. The van der Waals surface area contributed by atoms with Crippen molar-refractivity contribution < 1.29 is 4.74 Å². The molecule has 0 heterocycles. The van der Waals surface area contributed by atoms with Crippen molar-refractivity contribution in [3.63, 3.8) is 0 Å². The van der Waals surface area contributed by atoms with Gasteiger partial charge in [-0.1, -0.05) is 0 Å². The molecule has 0 saturated heterocycles. The van der Waals surface area contributed by atoms with Crippen LogP contribution in [0.15, 0.2) is 4.47 Å². The molecule has 0 aliphatic heterocycles. The number of halogens is 1. The number of nitrogens with two attached hydrogens (primary N) is 1. The van der Waals surface area contributed by atoms with Gasteiger partial charge in [0, 0.05) is 11.6 Å². The predicted octanol–water partition coefficient (Wildman–Crippen LogP) is 3.66. The Morgan fingerprint density at radius 1 is 1.24 bits per heavy atom. The van der Waals surface area contributed by atoms with Crippen LogP contribution in [0.1, 0.15) is 48.1 Å². The van der Waals surface area contributed by atoms with Crippen molar-refractivity contribution in [3.8, 4) is 5.75 Å². The molecule has 17 heavy (non-hydrogen) atoms. The molecule has 0 amide bonds. The number of rotatable bonds is 2. The van der Waals surface area contributed by atoms with E-state index in [1.807, 2.05) is 6.92 Å². The van der Waals surface area contributed by atoms with Gasteiger partial charge >= 0.3 is 0 Å². The SMILES string of the molecule is COc1c(Br)c2c(c(C)c1C(C)N)CCCC2. The number of hydrogen-bond donors (Lipinski definition) is 1. The number of benzene rings is 1. The van der Waals surface area contributed by atoms with E-state index in [1.165, 1.54) is 36.0 Å². The van der Waals surface area contributed by atoms with Crippen LogP contribution in [-0.2, 0) is 12.8 Å². The number of hydrogen-bond acceptors (Lipinski definition) is 2. The summed E-state index contributed by atoms with van der Waals surface area (Å²) in [5.74, 6) is 0.929. The van der Waals surface area contributed by atoms with E-state index in [1.54, 1.807) is 7.11 Å². The van der Waals surface area contributed by atoms with Gasteiger partial charge in [-0.05, 0) is 72.2 Å². The van der Waals surface area contributed by atoms with Gasteiger partial charge in [-0.2, -0.15) is 0 Å². The molecule has 0 bridgehead atoms. The Bertz CT molecular complexity index is 441. The van der Waals surface area contributed by atoms with E-state index in [4.69, 9.17) is 10.5 Å². The average molecular weight is 298 g/mol. The van der Waals surface area contributed by atoms with Gasteiger partial charge in [0.1, 0.15) is 5.75 Å². The maximum atomic E-state index is 6.09. The minimum atomic E-state index is 0.00785. The Morgan fingerprint density at radius 3 is 2.35 bits per heavy atom. The zero-order valence-electron chi connectivity index (χ0n) is 10.8. The van der Waals surface area contributed by atoms with Gasteiger partial charge in [0.15, 0.2) is 0 Å². The average Bonchev–Trinajstić information content (AvgIpc) is 2.33. The van der Waals surface area contributed by atoms with Crippen LogP contribution in [0.4, 0.5) is 0 Å². The van der Waals surface area contributed by atoms with Gasteiger partial charge in [-0.3, -0.25) is 0 Å². The number of ether oxygens (including phenoxy) is 1. The maximum Gasteiger partial charge on any atom is 0.138 e. The third-order valence-electron chi connectivity index (χ3n) is 3.69. The molecular weight excluding hydrogens is 278 g/mol. The molecule has 1 aliphatic carbocycles. The van der Waals surface area contributed by atoms with Crippen LogP contribution in [0.25, 0.3) is 0 Å². The standard InChI is InChI=1S/C14H20BrNO/c1-8-10-6-4-5-7-11(10)13(15)14(17-3)12(8)9(2)16/h9H,4-7,16H2,1-3H3. The van der Waals surface area contributed by atoms with Crippen molar-refractivity contribution in [1.82, 2.24) is 0 Å².